The highest BCUT2D eigenvalue weighted by molar-refractivity contribution is 5.83. The fraction of sp³-hybridized carbons (Fsp3) is 0.150. The van der Waals surface area contributed by atoms with E-state index in [1.54, 1.807) is 17.2 Å². The number of imidazole rings is 1. The molecule has 0 saturated heterocycles. The molecule has 0 aliphatic rings. The van der Waals surface area contributed by atoms with Gasteiger partial charge in [-0.2, -0.15) is 5.10 Å². The molecule has 0 spiro atoms. The van der Waals surface area contributed by atoms with Crippen LogP contribution >= 0.6 is 0 Å². The van der Waals surface area contributed by atoms with Gasteiger partial charge in [-0.25, -0.2) is 9.67 Å². The first-order valence-corrected chi connectivity index (χ1v) is 8.51. The van der Waals surface area contributed by atoms with E-state index in [-0.39, 0.29) is 11.9 Å². The van der Waals surface area contributed by atoms with Gasteiger partial charge in [0.05, 0.1) is 23.0 Å². The molecule has 0 radical (unpaired) electrons. The van der Waals surface area contributed by atoms with Gasteiger partial charge < -0.3 is 9.88 Å². The number of benzene rings is 2. The Morgan fingerprint density at radius 1 is 1.12 bits per heavy atom. The number of nitrogens with zero attached hydrogens (tertiary/aromatic N) is 4. The molecule has 1 amide bonds. The summed E-state index contributed by atoms with van der Waals surface area (Å²) in [5, 5.41) is 7.30. The average molecular weight is 345 g/mol. The Morgan fingerprint density at radius 2 is 1.92 bits per heavy atom. The Morgan fingerprint density at radius 3 is 2.77 bits per heavy atom. The number of aromatic nitrogens is 4. The number of hydrogen-bond donors (Lipinski definition) is 1. The molecule has 0 aliphatic heterocycles. The molecule has 26 heavy (non-hydrogen) atoms. The monoisotopic (exact) mass is 345 g/mol. The second-order valence-corrected chi connectivity index (χ2v) is 6.11. The van der Waals surface area contributed by atoms with E-state index in [0.717, 1.165) is 22.3 Å². The lowest BCUT2D eigenvalue weighted by Crippen LogP contribution is -2.30. The fourth-order valence-corrected chi connectivity index (χ4v) is 3.04. The van der Waals surface area contributed by atoms with E-state index in [9.17, 15) is 4.79 Å². The van der Waals surface area contributed by atoms with Gasteiger partial charge in [0, 0.05) is 18.9 Å². The van der Waals surface area contributed by atoms with Crippen molar-refractivity contribution in [1.29, 1.82) is 0 Å². The standard InChI is InChI=1S/C20H19N5O/c1-15(24-14-22-17-8-3-5-10-19(17)24)20(26)21-13-16-7-2-4-9-18(16)25-12-6-11-23-25/h2-12,14-15H,13H2,1H3,(H,21,26)/t15-/m0/s1. The molecule has 130 valence electrons. The van der Waals surface area contributed by atoms with Gasteiger partial charge in [-0.1, -0.05) is 30.3 Å². The lowest BCUT2D eigenvalue weighted by molar-refractivity contribution is -0.123. The van der Waals surface area contributed by atoms with Crippen molar-refractivity contribution in [1.82, 2.24) is 24.6 Å². The van der Waals surface area contributed by atoms with Crippen LogP contribution in [0.1, 0.15) is 18.5 Å². The van der Waals surface area contributed by atoms with Crippen LogP contribution in [-0.4, -0.2) is 25.2 Å². The van der Waals surface area contributed by atoms with Crippen molar-refractivity contribution in [2.45, 2.75) is 19.5 Å². The summed E-state index contributed by atoms with van der Waals surface area (Å²) in [5.41, 5.74) is 3.80. The van der Waals surface area contributed by atoms with Crippen LogP contribution in [0.5, 0.6) is 0 Å². The smallest absolute Gasteiger partial charge is 0.243 e. The summed E-state index contributed by atoms with van der Waals surface area (Å²) in [6, 6.07) is 17.2. The normalized spacial score (nSPS) is 12.2. The van der Waals surface area contributed by atoms with Gasteiger partial charge in [-0.15, -0.1) is 0 Å². The van der Waals surface area contributed by atoms with Crippen LogP contribution in [-0.2, 0) is 11.3 Å². The van der Waals surface area contributed by atoms with E-state index in [4.69, 9.17) is 0 Å². The first-order chi connectivity index (χ1) is 12.7. The zero-order valence-electron chi connectivity index (χ0n) is 14.4. The molecular weight excluding hydrogens is 326 g/mol. The summed E-state index contributed by atoms with van der Waals surface area (Å²) in [5.74, 6) is -0.0524. The van der Waals surface area contributed by atoms with Gasteiger partial charge in [-0.3, -0.25) is 4.79 Å². The van der Waals surface area contributed by atoms with Crippen molar-refractivity contribution in [2.24, 2.45) is 0 Å². The molecule has 0 unspecified atom stereocenters. The van der Waals surface area contributed by atoms with Gasteiger partial charge in [0.2, 0.25) is 5.91 Å². The molecule has 0 aliphatic carbocycles. The number of fused-ring (bicyclic) bond motifs is 1. The Kier molecular flexibility index (Phi) is 4.23. The van der Waals surface area contributed by atoms with E-state index in [2.05, 4.69) is 15.4 Å². The third-order valence-electron chi connectivity index (χ3n) is 4.47. The molecule has 1 N–H and O–H groups in total. The van der Waals surface area contributed by atoms with Crippen LogP contribution in [0.25, 0.3) is 16.7 Å². The molecule has 2 aromatic carbocycles. The predicted molar refractivity (Wildman–Crippen MR) is 99.9 cm³/mol. The fourth-order valence-electron chi connectivity index (χ4n) is 3.04. The largest absolute Gasteiger partial charge is 0.350 e. The number of carbonyl (C=O) groups is 1. The van der Waals surface area contributed by atoms with Crippen molar-refractivity contribution in [3.05, 3.63) is 78.9 Å². The van der Waals surface area contributed by atoms with Crippen molar-refractivity contribution in [2.75, 3.05) is 0 Å². The molecule has 1 atom stereocenters. The zero-order chi connectivity index (χ0) is 17.9. The van der Waals surface area contributed by atoms with Crippen molar-refractivity contribution in [3.63, 3.8) is 0 Å². The minimum Gasteiger partial charge on any atom is -0.350 e. The summed E-state index contributed by atoms with van der Waals surface area (Å²) in [6.45, 7) is 2.31. The van der Waals surface area contributed by atoms with Crippen molar-refractivity contribution in [3.8, 4) is 5.69 Å². The summed E-state index contributed by atoms with van der Waals surface area (Å²) in [4.78, 5) is 17.0. The molecule has 0 fully saturated rings. The maximum atomic E-state index is 12.7. The lowest BCUT2D eigenvalue weighted by atomic mass is 10.1. The Balaban J connectivity index is 1.51. The van der Waals surface area contributed by atoms with Crippen LogP contribution in [0, 0.1) is 0 Å². The number of nitrogens with one attached hydrogen (secondary N) is 1. The molecular formula is C20H19N5O. The molecule has 2 heterocycles. The quantitative estimate of drug-likeness (QED) is 0.604. The lowest BCUT2D eigenvalue weighted by Gasteiger charge is -2.16. The van der Waals surface area contributed by atoms with Gasteiger partial charge in [0.15, 0.2) is 0 Å². The van der Waals surface area contributed by atoms with E-state index >= 15 is 0 Å². The maximum Gasteiger partial charge on any atom is 0.243 e. The van der Waals surface area contributed by atoms with Crippen LogP contribution in [0.3, 0.4) is 0 Å². The van der Waals surface area contributed by atoms with Crippen LogP contribution in [0.2, 0.25) is 0 Å². The van der Waals surface area contributed by atoms with Crippen molar-refractivity contribution < 1.29 is 4.79 Å². The van der Waals surface area contributed by atoms with Gasteiger partial charge in [0.1, 0.15) is 6.04 Å². The Labute approximate surface area is 151 Å². The summed E-state index contributed by atoms with van der Waals surface area (Å²) >= 11 is 0. The number of amides is 1. The molecule has 6 nitrogen and oxygen atoms in total. The second-order valence-electron chi connectivity index (χ2n) is 6.11. The van der Waals surface area contributed by atoms with Gasteiger partial charge >= 0.3 is 0 Å². The molecule has 0 saturated carbocycles. The molecule has 4 rings (SSSR count). The van der Waals surface area contributed by atoms with Gasteiger partial charge in [0.25, 0.3) is 0 Å². The van der Waals surface area contributed by atoms with Crippen molar-refractivity contribution >= 4 is 16.9 Å². The van der Waals surface area contributed by atoms with E-state index in [0.29, 0.717) is 6.54 Å². The van der Waals surface area contributed by atoms with Crippen LogP contribution < -0.4 is 5.32 Å². The molecule has 6 heteroatoms. The number of para-hydroxylation sites is 3. The first-order valence-electron chi connectivity index (χ1n) is 8.51. The highest BCUT2D eigenvalue weighted by Crippen LogP contribution is 2.18. The molecule has 2 aromatic heterocycles. The average Bonchev–Trinajstić information content (AvgIpc) is 3.35. The minimum atomic E-state index is -0.348. The number of rotatable bonds is 5. The zero-order valence-corrected chi connectivity index (χ0v) is 14.4. The molecule has 0 bridgehead atoms. The van der Waals surface area contributed by atoms with E-state index in [1.807, 2.05) is 72.3 Å². The van der Waals surface area contributed by atoms with Gasteiger partial charge in [-0.05, 0) is 36.8 Å². The minimum absolute atomic E-state index is 0.0524. The Hall–Kier alpha value is -3.41. The third-order valence-corrected chi connectivity index (χ3v) is 4.47. The Bertz CT molecular complexity index is 1040. The van der Waals surface area contributed by atoms with Crippen LogP contribution in [0.4, 0.5) is 0 Å². The van der Waals surface area contributed by atoms with Crippen LogP contribution in [0.15, 0.2) is 73.3 Å². The predicted octanol–water partition coefficient (Wildman–Crippen LogP) is 3.10. The van der Waals surface area contributed by atoms with E-state index < -0.39 is 0 Å². The summed E-state index contributed by atoms with van der Waals surface area (Å²) in [7, 11) is 0. The first kappa shape index (κ1) is 16.1. The third kappa shape index (κ3) is 2.97. The topological polar surface area (TPSA) is 64.7 Å². The second kappa shape index (κ2) is 6.84. The SMILES string of the molecule is C[C@@H](C(=O)NCc1ccccc1-n1cccn1)n1cnc2ccccc21. The maximum absolute atomic E-state index is 12.7. The summed E-state index contributed by atoms with van der Waals surface area (Å²) < 4.78 is 3.69. The van der Waals surface area contributed by atoms with E-state index in [1.165, 1.54) is 0 Å². The summed E-state index contributed by atoms with van der Waals surface area (Å²) in [6.07, 6.45) is 5.34. The number of hydrogen-bond acceptors (Lipinski definition) is 3. The highest BCUT2D eigenvalue weighted by Gasteiger charge is 2.17. The molecule has 4 aromatic rings. The number of carbonyl (C=O) groups excluding carboxylic acids is 1. The highest BCUT2D eigenvalue weighted by atomic mass is 16.2.